The molecular formula is C17H23NO. The molecule has 2 aliphatic rings. The second-order valence-corrected chi connectivity index (χ2v) is 6.16. The van der Waals surface area contributed by atoms with Crippen LogP contribution >= 0.6 is 0 Å². The van der Waals surface area contributed by atoms with Crippen LogP contribution in [0, 0.1) is 12.8 Å². The van der Waals surface area contributed by atoms with Gasteiger partial charge in [0.1, 0.15) is 0 Å². The highest BCUT2D eigenvalue weighted by molar-refractivity contribution is 6.03. The maximum atomic E-state index is 12.1. The van der Waals surface area contributed by atoms with Gasteiger partial charge >= 0.3 is 0 Å². The molecule has 1 atom stereocenters. The van der Waals surface area contributed by atoms with E-state index < -0.39 is 0 Å². The minimum Gasteiger partial charge on any atom is -0.325 e. The van der Waals surface area contributed by atoms with E-state index in [1.165, 1.54) is 49.7 Å². The summed E-state index contributed by atoms with van der Waals surface area (Å²) >= 11 is 0. The molecule has 0 radical (unpaired) electrons. The molecule has 1 aliphatic carbocycles. The first-order valence-corrected chi connectivity index (χ1v) is 7.66. The van der Waals surface area contributed by atoms with E-state index >= 15 is 0 Å². The van der Waals surface area contributed by atoms with Crippen molar-refractivity contribution in [3.8, 4) is 0 Å². The summed E-state index contributed by atoms with van der Waals surface area (Å²) in [4.78, 5) is 12.1. The molecule has 3 rings (SSSR count). The Morgan fingerprint density at radius 1 is 1.16 bits per heavy atom. The summed E-state index contributed by atoms with van der Waals surface area (Å²) in [5.74, 6) is 1.16. The molecular weight excluding hydrogens is 234 g/mol. The molecule has 1 aromatic rings. The van der Waals surface area contributed by atoms with Gasteiger partial charge < -0.3 is 5.32 Å². The molecule has 19 heavy (non-hydrogen) atoms. The summed E-state index contributed by atoms with van der Waals surface area (Å²) in [6.07, 6.45) is 9.15. The van der Waals surface area contributed by atoms with Crippen LogP contribution in [0.1, 0.15) is 62.0 Å². The Labute approximate surface area is 115 Å². The average molecular weight is 257 g/mol. The summed E-state index contributed by atoms with van der Waals surface area (Å²) in [7, 11) is 0. The minimum atomic E-state index is 0.0943. The number of para-hydroxylation sites is 1. The maximum absolute atomic E-state index is 12.1. The molecule has 1 fully saturated rings. The Balaban J connectivity index is 1.68. The Bertz CT molecular complexity index is 474. The molecule has 1 N–H and O–H groups in total. The molecule has 2 nitrogen and oxygen atoms in total. The summed E-state index contributed by atoms with van der Waals surface area (Å²) in [6, 6.07) is 6.26. The summed E-state index contributed by atoms with van der Waals surface area (Å²) in [6.45, 7) is 2.07. The number of carbonyl (C=O) groups is 1. The third kappa shape index (κ3) is 2.54. The van der Waals surface area contributed by atoms with Crippen LogP contribution in [0.25, 0.3) is 0 Å². The first-order valence-electron chi connectivity index (χ1n) is 7.66. The van der Waals surface area contributed by atoms with Crippen LogP contribution in [0.2, 0.25) is 0 Å². The largest absolute Gasteiger partial charge is 0.325 e. The van der Waals surface area contributed by atoms with Crippen LogP contribution in [0.5, 0.6) is 0 Å². The molecule has 1 unspecified atom stereocenters. The fourth-order valence-corrected chi connectivity index (χ4v) is 3.67. The molecule has 102 valence electrons. The van der Waals surface area contributed by atoms with Gasteiger partial charge in [-0.2, -0.15) is 0 Å². The normalized spacial score (nSPS) is 23.2. The van der Waals surface area contributed by atoms with Crippen LogP contribution in [-0.4, -0.2) is 5.91 Å². The molecule has 1 amide bonds. The molecule has 1 saturated carbocycles. The fraction of sp³-hybridized carbons (Fsp3) is 0.588. The smallest absolute Gasteiger partial charge is 0.232 e. The van der Waals surface area contributed by atoms with E-state index in [1.54, 1.807) is 0 Å². The zero-order chi connectivity index (χ0) is 13.2. The highest BCUT2D eigenvalue weighted by Crippen LogP contribution is 2.39. The van der Waals surface area contributed by atoms with Crippen LogP contribution < -0.4 is 5.32 Å². The van der Waals surface area contributed by atoms with E-state index in [2.05, 4.69) is 30.4 Å². The molecule has 0 spiro atoms. The molecule has 0 bridgehead atoms. The van der Waals surface area contributed by atoms with Crippen LogP contribution in [0.4, 0.5) is 5.69 Å². The highest BCUT2D eigenvalue weighted by Gasteiger charge is 2.31. The standard InChI is InChI=1S/C17H23NO/c1-12-6-5-9-14-15(17(19)18-16(12)14)11-10-13-7-3-2-4-8-13/h5-6,9,13,15H,2-4,7-8,10-11H2,1H3,(H,18,19). The van der Waals surface area contributed by atoms with Gasteiger partial charge in [0, 0.05) is 5.69 Å². The number of anilines is 1. The number of amides is 1. The summed E-state index contributed by atoms with van der Waals surface area (Å²) in [5, 5.41) is 3.06. The highest BCUT2D eigenvalue weighted by atomic mass is 16.2. The number of hydrogen-bond donors (Lipinski definition) is 1. The number of benzene rings is 1. The average Bonchev–Trinajstić information content (AvgIpc) is 2.75. The summed E-state index contributed by atoms with van der Waals surface area (Å²) < 4.78 is 0. The van der Waals surface area contributed by atoms with Gasteiger partial charge in [-0.15, -0.1) is 0 Å². The third-order valence-electron chi connectivity index (χ3n) is 4.83. The van der Waals surface area contributed by atoms with Crippen molar-refractivity contribution in [3.05, 3.63) is 29.3 Å². The van der Waals surface area contributed by atoms with Gasteiger partial charge in [0.15, 0.2) is 0 Å². The van der Waals surface area contributed by atoms with Crippen molar-refractivity contribution < 1.29 is 4.79 Å². The lowest BCUT2D eigenvalue weighted by atomic mass is 9.83. The quantitative estimate of drug-likeness (QED) is 0.854. The van der Waals surface area contributed by atoms with Crippen molar-refractivity contribution in [1.82, 2.24) is 0 Å². The monoisotopic (exact) mass is 257 g/mol. The van der Waals surface area contributed by atoms with Crippen molar-refractivity contribution >= 4 is 11.6 Å². The molecule has 1 aliphatic heterocycles. The van der Waals surface area contributed by atoms with Gasteiger partial charge in [0.05, 0.1) is 5.92 Å². The van der Waals surface area contributed by atoms with Gasteiger partial charge in [-0.3, -0.25) is 4.79 Å². The zero-order valence-corrected chi connectivity index (χ0v) is 11.7. The predicted molar refractivity (Wildman–Crippen MR) is 78.4 cm³/mol. The van der Waals surface area contributed by atoms with Gasteiger partial charge in [0.25, 0.3) is 0 Å². The van der Waals surface area contributed by atoms with Crippen molar-refractivity contribution in [1.29, 1.82) is 0 Å². The number of fused-ring (bicyclic) bond motifs is 1. The first-order chi connectivity index (χ1) is 9.25. The second kappa shape index (κ2) is 5.36. The number of carbonyl (C=O) groups excluding carboxylic acids is 1. The summed E-state index contributed by atoms with van der Waals surface area (Å²) in [5.41, 5.74) is 3.48. The Kier molecular flexibility index (Phi) is 3.58. The van der Waals surface area contributed by atoms with E-state index in [0.29, 0.717) is 0 Å². The van der Waals surface area contributed by atoms with E-state index in [-0.39, 0.29) is 11.8 Å². The molecule has 0 saturated heterocycles. The SMILES string of the molecule is Cc1cccc2c1NC(=O)C2CCC1CCCCC1. The van der Waals surface area contributed by atoms with E-state index in [9.17, 15) is 4.79 Å². The zero-order valence-electron chi connectivity index (χ0n) is 11.7. The van der Waals surface area contributed by atoms with Gasteiger partial charge in [-0.25, -0.2) is 0 Å². The lowest BCUT2D eigenvalue weighted by Gasteiger charge is -2.22. The first kappa shape index (κ1) is 12.7. The molecule has 1 aromatic carbocycles. The lowest BCUT2D eigenvalue weighted by molar-refractivity contribution is -0.117. The van der Waals surface area contributed by atoms with Crippen LogP contribution in [-0.2, 0) is 4.79 Å². The minimum absolute atomic E-state index is 0.0943. The predicted octanol–water partition coefficient (Wildman–Crippen LogP) is 4.39. The van der Waals surface area contributed by atoms with Crippen molar-refractivity contribution in [2.24, 2.45) is 5.92 Å². The third-order valence-corrected chi connectivity index (χ3v) is 4.83. The van der Waals surface area contributed by atoms with E-state index in [1.807, 2.05) is 0 Å². The number of aryl methyl sites for hydroxylation is 1. The Morgan fingerprint density at radius 2 is 1.95 bits per heavy atom. The van der Waals surface area contributed by atoms with Crippen molar-refractivity contribution in [2.45, 2.75) is 57.8 Å². The fourth-order valence-electron chi connectivity index (χ4n) is 3.67. The Hall–Kier alpha value is -1.31. The van der Waals surface area contributed by atoms with Crippen LogP contribution in [0.15, 0.2) is 18.2 Å². The Morgan fingerprint density at radius 3 is 2.74 bits per heavy atom. The van der Waals surface area contributed by atoms with Crippen molar-refractivity contribution in [3.63, 3.8) is 0 Å². The number of nitrogens with one attached hydrogen (secondary N) is 1. The molecule has 1 heterocycles. The number of rotatable bonds is 3. The van der Waals surface area contributed by atoms with Gasteiger partial charge in [-0.05, 0) is 36.8 Å². The van der Waals surface area contributed by atoms with E-state index in [0.717, 1.165) is 18.0 Å². The topological polar surface area (TPSA) is 29.1 Å². The van der Waals surface area contributed by atoms with Crippen molar-refractivity contribution in [2.75, 3.05) is 5.32 Å². The van der Waals surface area contributed by atoms with E-state index in [4.69, 9.17) is 0 Å². The van der Waals surface area contributed by atoms with Gasteiger partial charge in [-0.1, -0.05) is 50.3 Å². The molecule has 2 heteroatoms. The number of hydrogen-bond acceptors (Lipinski definition) is 1. The second-order valence-electron chi connectivity index (χ2n) is 6.16. The molecule has 0 aromatic heterocycles. The van der Waals surface area contributed by atoms with Gasteiger partial charge in [0.2, 0.25) is 5.91 Å². The maximum Gasteiger partial charge on any atom is 0.232 e. The van der Waals surface area contributed by atoms with Crippen LogP contribution in [0.3, 0.4) is 0 Å². The lowest BCUT2D eigenvalue weighted by Crippen LogP contribution is -2.14.